The van der Waals surface area contributed by atoms with Gasteiger partial charge in [0.25, 0.3) is 0 Å². The Kier molecular flexibility index (Phi) is 4.89. The minimum atomic E-state index is -0.271. The summed E-state index contributed by atoms with van der Waals surface area (Å²) in [7, 11) is 1.60. The van der Waals surface area contributed by atoms with E-state index in [-0.39, 0.29) is 11.9 Å². The van der Waals surface area contributed by atoms with Crippen LogP contribution in [0.5, 0.6) is 5.75 Å². The zero-order valence-corrected chi connectivity index (χ0v) is 13.4. The Balaban J connectivity index is 2.25. The van der Waals surface area contributed by atoms with Crippen molar-refractivity contribution in [1.82, 2.24) is 0 Å². The van der Waals surface area contributed by atoms with Crippen LogP contribution >= 0.6 is 27.5 Å². The number of nitrogens with one attached hydrogen (secondary N) is 1. The lowest BCUT2D eigenvalue weighted by molar-refractivity contribution is 0.415. The number of ether oxygens (including phenoxy) is 1. The molecule has 2 nitrogen and oxygen atoms in total. The molecule has 0 saturated carbocycles. The molecule has 1 atom stereocenters. The molecular weight excluding hydrogens is 345 g/mol. The molecule has 2 aromatic rings. The Bertz CT molecular complexity index is 621. The SMILES string of the molecule is COc1ccc(Cl)c(NC(C)c2ccc(F)cc2Br)c1. The van der Waals surface area contributed by atoms with Crippen LogP contribution in [0.2, 0.25) is 5.02 Å². The second-order valence-electron chi connectivity index (χ2n) is 4.38. The summed E-state index contributed by atoms with van der Waals surface area (Å²) in [5.41, 5.74) is 1.72. The third kappa shape index (κ3) is 3.44. The molecule has 0 radical (unpaired) electrons. The van der Waals surface area contributed by atoms with Gasteiger partial charge < -0.3 is 10.1 Å². The van der Waals surface area contributed by atoms with Crippen LogP contribution in [0.4, 0.5) is 10.1 Å². The fraction of sp³-hybridized carbons (Fsp3) is 0.200. The van der Waals surface area contributed by atoms with Crippen molar-refractivity contribution in [2.24, 2.45) is 0 Å². The van der Waals surface area contributed by atoms with Crippen LogP contribution in [0.3, 0.4) is 0 Å². The molecule has 0 bridgehead atoms. The Morgan fingerprint density at radius 2 is 2.00 bits per heavy atom. The van der Waals surface area contributed by atoms with Gasteiger partial charge in [-0.1, -0.05) is 33.6 Å². The van der Waals surface area contributed by atoms with Gasteiger partial charge in [0, 0.05) is 16.6 Å². The third-order valence-electron chi connectivity index (χ3n) is 2.97. The van der Waals surface area contributed by atoms with Crippen molar-refractivity contribution in [1.29, 1.82) is 0 Å². The summed E-state index contributed by atoms with van der Waals surface area (Å²) in [6.45, 7) is 1.98. The van der Waals surface area contributed by atoms with E-state index in [2.05, 4.69) is 21.2 Å². The maximum atomic E-state index is 13.1. The molecular formula is C15H14BrClFNO. The molecule has 1 unspecified atom stereocenters. The van der Waals surface area contributed by atoms with Crippen molar-refractivity contribution in [3.05, 3.63) is 57.3 Å². The molecule has 0 spiro atoms. The standard InChI is InChI=1S/C15H14BrClFNO/c1-9(12-5-3-10(18)7-13(12)16)19-15-8-11(20-2)4-6-14(15)17/h3-9,19H,1-2H3. The van der Waals surface area contributed by atoms with E-state index in [1.807, 2.05) is 13.0 Å². The number of halogens is 3. The van der Waals surface area contributed by atoms with Gasteiger partial charge in [-0.15, -0.1) is 0 Å². The molecule has 2 rings (SSSR count). The van der Waals surface area contributed by atoms with Crippen molar-refractivity contribution in [3.8, 4) is 5.75 Å². The average molecular weight is 359 g/mol. The maximum Gasteiger partial charge on any atom is 0.124 e. The molecule has 0 aromatic heterocycles. The lowest BCUT2D eigenvalue weighted by Crippen LogP contribution is -2.08. The van der Waals surface area contributed by atoms with Crippen LogP contribution in [0.25, 0.3) is 0 Å². The summed E-state index contributed by atoms with van der Waals surface area (Å²) in [4.78, 5) is 0. The monoisotopic (exact) mass is 357 g/mol. The molecule has 2 aromatic carbocycles. The van der Waals surface area contributed by atoms with Crippen LogP contribution in [0.1, 0.15) is 18.5 Å². The van der Waals surface area contributed by atoms with Gasteiger partial charge in [0.15, 0.2) is 0 Å². The Morgan fingerprint density at radius 3 is 2.65 bits per heavy atom. The number of hydrogen-bond acceptors (Lipinski definition) is 2. The van der Waals surface area contributed by atoms with E-state index in [1.165, 1.54) is 12.1 Å². The first-order valence-electron chi connectivity index (χ1n) is 6.06. The molecule has 5 heteroatoms. The second-order valence-corrected chi connectivity index (χ2v) is 5.64. The Hall–Kier alpha value is -1.26. The fourth-order valence-corrected chi connectivity index (χ4v) is 2.77. The van der Waals surface area contributed by atoms with Crippen molar-refractivity contribution >= 4 is 33.2 Å². The average Bonchev–Trinajstić information content (AvgIpc) is 2.41. The van der Waals surface area contributed by atoms with Crippen molar-refractivity contribution in [2.75, 3.05) is 12.4 Å². The topological polar surface area (TPSA) is 21.3 Å². The Labute approximate surface area is 131 Å². The number of benzene rings is 2. The predicted molar refractivity (Wildman–Crippen MR) is 84.1 cm³/mol. The number of hydrogen-bond donors (Lipinski definition) is 1. The molecule has 20 heavy (non-hydrogen) atoms. The number of anilines is 1. The predicted octanol–water partition coefficient (Wildman–Crippen LogP) is 5.42. The minimum absolute atomic E-state index is 0.0328. The fourth-order valence-electron chi connectivity index (χ4n) is 1.91. The second kappa shape index (κ2) is 6.46. The van der Waals surface area contributed by atoms with E-state index in [1.54, 1.807) is 25.3 Å². The van der Waals surface area contributed by atoms with E-state index >= 15 is 0 Å². The van der Waals surface area contributed by atoms with Crippen LogP contribution in [-0.4, -0.2) is 7.11 Å². The smallest absolute Gasteiger partial charge is 0.124 e. The molecule has 0 aliphatic carbocycles. The van der Waals surface area contributed by atoms with Gasteiger partial charge in [0.1, 0.15) is 11.6 Å². The highest BCUT2D eigenvalue weighted by Gasteiger charge is 2.12. The van der Waals surface area contributed by atoms with Gasteiger partial charge >= 0.3 is 0 Å². The molecule has 0 amide bonds. The zero-order valence-electron chi connectivity index (χ0n) is 11.1. The van der Waals surface area contributed by atoms with E-state index in [0.717, 1.165) is 21.5 Å². The lowest BCUT2D eigenvalue weighted by Gasteiger charge is -2.18. The molecule has 0 fully saturated rings. The van der Waals surface area contributed by atoms with Gasteiger partial charge in [0.2, 0.25) is 0 Å². The number of methoxy groups -OCH3 is 1. The Morgan fingerprint density at radius 1 is 1.25 bits per heavy atom. The summed E-state index contributed by atoms with van der Waals surface area (Å²) in [5, 5.41) is 3.90. The lowest BCUT2D eigenvalue weighted by atomic mass is 10.1. The maximum absolute atomic E-state index is 13.1. The van der Waals surface area contributed by atoms with Crippen molar-refractivity contribution in [2.45, 2.75) is 13.0 Å². The van der Waals surface area contributed by atoms with Crippen LogP contribution in [0.15, 0.2) is 40.9 Å². The first-order valence-corrected chi connectivity index (χ1v) is 7.23. The minimum Gasteiger partial charge on any atom is -0.497 e. The first-order chi connectivity index (χ1) is 9.51. The molecule has 1 N–H and O–H groups in total. The van der Waals surface area contributed by atoms with Crippen molar-refractivity contribution < 1.29 is 9.13 Å². The van der Waals surface area contributed by atoms with Crippen molar-refractivity contribution in [3.63, 3.8) is 0 Å². The molecule has 0 aliphatic heterocycles. The summed E-state index contributed by atoms with van der Waals surface area (Å²) < 4.78 is 19.0. The van der Waals surface area contributed by atoms with Gasteiger partial charge in [-0.3, -0.25) is 0 Å². The van der Waals surface area contributed by atoms with E-state index in [0.29, 0.717) is 5.02 Å². The van der Waals surface area contributed by atoms with Crippen LogP contribution in [0, 0.1) is 5.82 Å². The highest BCUT2D eigenvalue weighted by molar-refractivity contribution is 9.10. The summed E-state index contributed by atoms with van der Waals surface area (Å²) in [6, 6.07) is 9.99. The van der Waals surface area contributed by atoms with E-state index < -0.39 is 0 Å². The molecule has 0 heterocycles. The van der Waals surface area contributed by atoms with Gasteiger partial charge in [-0.2, -0.15) is 0 Å². The summed E-state index contributed by atoms with van der Waals surface area (Å²) in [5.74, 6) is 0.453. The first kappa shape index (κ1) is 15.1. The summed E-state index contributed by atoms with van der Waals surface area (Å²) >= 11 is 9.53. The third-order valence-corrected chi connectivity index (χ3v) is 3.99. The van der Waals surface area contributed by atoms with Crippen LogP contribution in [-0.2, 0) is 0 Å². The van der Waals surface area contributed by atoms with E-state index in [9.17, 15) is 4.39 Å². The highest BCUT2D eigenvalue weighted by Crippen LogP contribution is 2.32. The molecule has 0 aliphatic rings. The van der Waals surface area contributed by atoms with Gasteiger partial charge in [0.05, 0.1) is 17.8 Å². The summed E-state index contributed by atoms with van der Waals surface area (Å²) in [6.07, 6.45) is 0. The van der Waals surface area contributed by atoms with Gasteiger partial charge in [-0.25, -0.2) is 4.39 Å². The van der Waals surface area contributed by atoms with Crippen LogP contribution < -0.4 is 10.1 Å². The zero-order chi connectivity index (χ0) is 14.7. The normalized spacial score (nSPS) is 12.1. The molecule has 106 valence electrons. The quantitative estimate of drug-likeness (QED) is 0.787. The van der Waals surface area contributed by atoms with Gasteiger partial charge in [-0.05, 0) is 36.8 Å². The molecule has 0 saturated heterocycles. The van der Waals surface area contributed by atoms with E-state index in [4.69, 9.17) is 16.3 Å². The number of rotatable bonds is 4. The highest BCUT2D eigenvalue weighted by atomic mass is 79.9. The largest absolute Gasteiger partial charge is 0.497 e.